The van der Waals surface area contributed by atoms with E-state index in [-0.39, 0.29) is 0 Å². The van der Waals surface area contributed by atoms with E-state index in [1.54, 1.807) is 9.20 Å². The molecule has 27 heavy (non-hydrogen) atoms. The summed E-state index contributed by atoms with van der Waals surface area (Å²) < 4.78 is 3.42. The van der Waals surface area contributed by atoms with E-state index in [9.17, 15) is 0 Å². The highest BCUT2D eigenvalue weighted by Crippen LogP contribution is 2.23. The summed E-state index contributed by atoms with van der Waals surface area (Å²) in [5.41, 5.74) is 3.99. The summed E-state index contributed by atoms with van der Waals surface area (Å²) in [6.07, 6.45) is 1.86. The van der Waals surface area contributed by atoms with Crippen LogP contribution in [0.2, 0.25) is 0 Å². The lowest BCUT2D eigenvalue weighted by Crippen LogP contribution is -2.11. The largest absolute Gasteiger partial charge is 0.350 e. The van der Waals surface area contributed by atoms with Crippen molar-refractivity contribution >= 4 is 11.6 Å². The topological polar surface area (TPSA) is 98.7 Å². The molecule has 3 heterocycles. The van der Waals surface area contributed by atoms with Gasteiger partial charge in [0.2, 0.25) is 5.95 Å². The lowest BCUT2D eigenvalue weighted by molar-refractivity contribution is 0.714. The van der Waals surface area contributed by atoms with Crippen LogP contribution in [-0.4, -0.2) is 39.8 Å². The molecule has 1 N–H and O–H groups in total. The fourth-order valence-electron chi connectivity index (χ4n) is 3.05. The summed E-state index contributed by atoms with van der Waals surface area (Å²) in [5.74, 6) is 2.43. The molecule has 0 atom stereocenters. The minimum Gasteiger partial charge on any atom is -0.350 e. The highest BCUT2D eigenvalue weighted by molar-refractivity contribution is 5.60. The zero-order valence-electron chi connectivity index (χ0n) is 15.7. The molecule has 1 aromatic carbocycles. The second-order valence-corrected chi connectivity index (χ2v) is 6.72. The Morgan fingerprint density at radius 1 is 1.15 bits per heavy atom. The van der Waals surface area contributed by atoms with Crippen LogP contribution in [0.1, 0.15) is 36.7 Å². The van der Waals surface area contributed by atoms with Gasteiger partial charge in [-0.25, -0.2) is 9.67 Å². The van der Waals surface area contributed by atoms with Crippen LogP contribution in [0.3, 0.4) is 0 Å². The van der Waals surface area contributed by atoms with Crippen LogP contribution in [0.15, 0.2) is 30.5 Å². The maximum atomic E-state index is 4.56. The number of anilines is 1. The second kappa shape index (κ2) is 6.75. The third-order valence-electron chi connectivity index (χ3n) is 4.44. The van der Waals surface area contributed by atoms with Gasteiger partial charge >= 0.3 is 0 Å². The minimum atomic E-state index is 0.341. The minimum absolute atomic E-state index is 0.341. The molecular weight excluding hydrogens is 342 g/mol. The van der Waals surface area contributed by atoms with Crippen LogP contribution in [0.25, 0.3) is 17.0 Å². The quantitative estimate of drug-likeness (QED) is 0.581. The van der Waals surface area contributed by atoms with Crippen LogP contribution in [-0.2, 0) is 13.6 Å². The van der Waals surface area contributed by atoms with E-state index in [1.807, 2.05) is 44.4 Å². The Labute approximate surface area is 156 Å². The Morgan fingerprint density at radius 3 is 2.70 bits per heavy atom. The lowest BCUT2D eigenvalue weighted by Gasteiger charge is -2.11. The first-order chi connectivity index (χ1) is 13.0. The second-order valence-electron chi connectivity index (χ2n) is 6.72. The van der Waals surface area contributed by atoms with Crippen LogP contribution in [0, 0.1) is 6.92 Å². The molecule has 0 aliphatic carbocycles. The number of benzene rings is 1. The molecule has 0 amide bonds. The first-order valence-electron chi connectivity index (χ1n) is 8.81. The molecule has 0 saturated carbocycles. The number of tetrazole rings is 1. The standard InChI is InChI=1S/C18H21N9/c1-11(2)15-10-20-27-16(15)21-12(3)22-18(27)19-9-13-7-5-6-8-14(13)17-23-24-25-26(17)4/h5-8,10-11H,9H2,1-4H3,(H,19,21,22). The predicted octanol–water partition coefficient (Wildman–Crippen LogP) is 2.36. The van der Waals surface area contributed by atoms with Gasteiger partial charge in [0.05, 0.1) is 6.20 Å². The first kappa shape index (κ1) is 17.1. The molecule has 9 nitrogen and oxygen atoms in total. The molecule has 0 unspecified atom stereocenters. The molecular formula is C18H21N9. The van der Waals surface area contributed by atoms with Gasteiger partial charge in [-0.05, 0) is 28.8 Å². The molecule has 0 aliphatic rings. The monoisotopic (exact) mass is 363 g/mol. The fourth-order valence-corrected chi connectivity index (χ4v) is 3.05. The normalized spacial score (nSPS) is 11.4. The SMILES string of the molecule is Cc1nc(NCc2ccccc2-c2nnnn2C)n2ncc(C(C)C)c2n1. The van der Waals surface area contributed by atoms with Crippen molar-refractivity contribution in [2.24, 2.45) is 7.05 Å². The maximum Gasteiger partial charge on any atom is 0.227 e. The first-order valence-corrected chi connectivity index (χ1v) is 8.81. The van der Waals surface area contributed by atoms with Crippen LogP contribution >= 0.6 is 0 Å². The van der Waals surface area contributed by atoms with Gasteiger partial charge in [0, 0.05) is 24.7 Å². The van der Waals surface area contributed by atoms with Crippen molar-refractivity contribution in [2.45, 2.75) is 33.2 Å². The Kier molecular flexibility index (Phi) is 4.27. The lowest BCUT2D eigenvalue weighted by atomic mass is 10.1. The van der Waals surface area contributed by atoms with Crippen LogP contribution in [0.5, 0.6) is 0 Å². The molecule has 3 aromatic heterocycles. The van der Waals surface area contributed by atoms with Gasteiger partial charge in [-0.2, -0.15) is 14.6 Å². The average Bonchev–Trinajstić information content (AvgIpc) is 3.26. The van der Waals surface area contributed by atoms with Gasteiger partial charge in [0.25, 0.3) is 0 Å². The molecule has 0 saturated heterocycles. The summed E-state index contributed by atoms with van der Waals surface area (Å²) in [4.78, 5) is 9.09. The summed E-state index contributed by atoms with van der Waals surface area (Å²) >= 11 is 0. The van der Waals surface area contributed by atoms with E-state index >= 15 is 0 Å². The number of nitrogens with zero attached hydrogens (tertiary/aromatic N) is 8. The van der Waals surface area contributed by atoms with Gasteiger partial charge in [0.15, 0.2) is 11.5 Å². The Morgan fingerprint density at radius 2 is 1.96 bits per heavy atom. The molecule has 9 heteroatoms. The fraction of sp³-hybridized carbons (Fsp3) is 0.333. The van der Waals surface area contributed by atoms with Crippen molar-refractivity contribution in [1.29, 1.82) is 0 Å². The van der Waals surface area contributed by atoms with Crippen LogP contribution < -0.4 is 5.32 Å². The number of nitrogens with one attached hydrogen (secondary N) is 1. The van der Waals surface area contributed by atoms with E-state index < -0.39 is 0 Å². The molecule has 0 spiro atoms. The molecule has 0 radical (unpaired) electrons. The number of fused-ring (bicyclic) bond motifs is 1. The van der Waals surface area contributed by atoms with Crippen molar-refractivity contribution in [3.8, 4) is 11.4 Å². The summed E-state index contributed by atoms with van der Waals surface area (Å²) in [5, 5.41) is 19.6. The third-order valence-corrected chi connectivity index (χ3v) is 4.44. The predicted molar refractivity (Wildman–Crippen MR) is 101 cm³/mol. The van der Waals surface area contributed by atoms with E-state index in [4.69, 9.17) is 0 Å². The maximum absolute atomic E-state index is 4.56. The van der Waals surface area contributed by atoms with Gasteiger partial charge in [-0.3, -0.25) is 0 Å². The number of rotatable bonds is 5. The summed E-state index contributed by atoms with van der Waals surface area (Å²) in [6, 6.07) is 8.03. The smallest absolute Gasteiger partial charge is 0.227 e. The zero-order valence-corrected chi connectivity index (χ0v) is 15.7. The van der Waals surface area contributed by atoms with Crippen molar-refractivity contribution in [3.05, 3.63) is 47.4 Å². The van der Waals surface area contributed by atoms with E-state index in [2.05, 4.69) is 49.8 Å². The van der Waals surface area contributed by atoms with Crippen molar-refractivity contribution in [2.75, 3.05) is 5.32 Å². The number of hydrogen-bond donors (Lipinski definition) is 1. The van der Waals surface area contributed by atoms with Gasteiger partial charge in [-0.1, -0.05) is 38.1 Å². The number of aromatic nitrogens is 8. The van der Waals surface area contributed by atoms with E-state index in [0.717, 1.165) is 28.2 Å². The van der Waals surface area contributed by atoms with Crippen LogP contribution in [0.4, 0.5) is 5.95 Å². The Hall–Kier alpha value is -3.36. The Bertz CT molecular complexity index is 1090. The summed E-state index contributed by atoms with van der Waals surface area (Å²) in [6.45, 7) is 6.71. The molecule has 4 aromatic rings. The number of aryl methyl sites for hydroxylation is 2. The highest BCUT2D eigenvalue weighted by atomic mass is 15.5. The molecule has 4 rings (SSSR count). The summed E-state index contributed by atoms with van der Waals surface area (Å²) in [7, 11) is 1.83. The molecule has 0 fully saturated rings. The van der Waals surface area contributed by atoms with E-state index in [1.165, 1.54) is 0 Å². The number of hydrogen-bond acceptors (Lipinski definition) is 7. The van der Waals surface area contributed by atoms with Crippen molar-refractivity contribution in [3.63, 3.8) is 0 Å². The zero-order chi connectivity index (χ0) is 19.0. The average molecular weight is 363 g/mol. The van der Waals surface area contributed by atoms with Gasteiger partial charge in [-0.15, -0.1) is 5.10 Å². The van der Waals surface area contributed by atoms with Crippen molar-refractivity contribution < 1.29 is 0 Å². The Balaban J connectivity index is 1.68. The molecule has 0 aliphatic heterocycles. The molecule has 0 bridgehead atoms. The molecule has 138 valence electrons. The highest BCUT2D eigenvalue weighted by Gasteiger charge is 2.15. The van der Waals surface area contributed by atoms with Gasteiger partial charge in [0.1, 0.15) is 5.82 Å². The van der Waals surface area contributed by atoms with E-state index in [0.29, 0.717) is 24.2 Å². The van der Waals surface area contributed by atoms with Gasteiger partial charge < -0.3 is 5.32 Å². The van der Waals surface area contributed by atoms with Crippen molar-refractivity contribution in [1.82, 2.24) is 39.8 Å². The third kappa shape index (κ3) is 3.12.